The Morgan fingerprint density at radius 2 is 2.10 bits per heavy atom. The van der Waals surface area contributed by atoms with E-state index in [4.69, 9.17) is 0 Å². The second-order valence-corrected chi connectivity index (χ2v) is 7.30. The fourth-order valence-electron chi connectivity index (χ4n) is 4.81. The minimum atomic E-state index is -0.0793. The van der Waals surface area contributed by atoms with Gasteiger partial charge in [0, 0.05) is 23.8 Å². The Kier molecular flexibility index (Phi) is 3.61. The zero-order valence-electron chi connectivity index (χ0n) is 12.7. The summed E-state index contributed by atoms with van der Waals surface area (Å²) in [5, 5.41) is 2.59. The third kappa shape index (κ3) is 2.18. The molecule has 3 rings (SSSR count). The zero-order valence-corrected chi connectivity index (χ0v) is 12.7. The van der Waals surface area contributed by atoms with Crippen molar-refractivity contribution in [3.63, 3.8) is 0 Å². The average Bonchev–Trinajstić information content (AvgIpc) is 2.74. The van der Waals surface area contributed by atoms with Crippen LogP contribution in [0.3, 0.4) is 0 Å². The molecule has 3 saturated heterocycles. The fourth-order valence-corrected chi connectivity index (χ4v) is 4.81. The van der Waals surface area contributed by atoms with E-state index in [1.807, 2.05) is 0 Å². The third-order valence-corrected chi connectivity index (χ3v) is 5.61. The lowest BCUT2D eigenvalue weighted by molar-refractivity contribution is -0.146. The lowest BCUT2D eigenvalue weighted by atomic mass is 9.62. The maximum absolute atomic E-state index is 12.4. The molecule has 2 amide bonds. The monoisotopic (exact) mass is 278 g/mol. The van der Waals surface area contributed by atoms with Crippen molar-refractivity contribution in [1.82, 2.24) is 10.2 Å². The first kappa shape index (κ1) is 14.1. The molecule has 0 bridgehead atoms. The van der Waals surface area contributed by atoms with Crippen molar-refractivity contribution in [2.45, 2.75) is 58.4 Å². The van der Waals surface area contributed by atoms with E-state index in [0.29, 0.717) is 18.4 Å². The lowest BCUT2D eigenvalue weighted by Crippen LogP contribution is -2.57. The van der Waals surface area contributed by atoms with Gasteiger partial charge in [0.05, 0.1) is 0 Å². The van der Waals surface area contributed by atoms with E-state index in [0.717, 1.165) is 32.4 Å². The number of rotatable bonds is 2. The van der Waals surface area contributed by atoms with E-state index < -0.39 is 0 Å². The van der Waals surface area contributed by atoms with Crippen molar-refractivity contribution in [2.75, 3.05) is 13.1 Å². The highest BCUT2D eigenvalue weighted by Crippen LogP contribution is 2.52. The SMILES string of the molecule is CC(C)CC1C(=O)NC(=O)CC12CCN1CCCCC12. The van der Waals surface area contributed by atoms with E-state index in [2.05, 4.69) is 24.1 Å². The number of hydrogen-bond donors (Lipinski definition) is 1. The molecule has 3 aliphatic heterocycles. The Balaban J connectivity index is 1.93. The second-order valence-electron chi connectivity index (χ2n) is 7.30. The number of nitrogens with one attached hydrogen (secondary N) is 1. The van der Waals surface area contributed by atoms with Crippen LogP contribution in [0.5, 0.6) is 0 Å². The highest BCUT2D eigenvalue weighted by Gasteiger charge is 2.57. The van der Waals surface area contributed by atoms with Gasteiger partial charge in [-0.05, 0) is 44.7 Å². The van der Waals surface area contributed by atoms with Gasteiger partial charge in [0.25, 0.3) is 0 Å². The minimum absolute atomic E-state index is 0.0117. The molecule has 4 nitrogen and oxygen atoms in total. The molecule has 20 heavy (non-hydrogen) atoms. The molecule has 3 heterocycles. The molecule has 0 aromatic carbocycles. The number of carbonyl (C=O) groups excluding carboxylic acids is 2. The topological polar surface area (TPSA) is 49.4 Å². The van der Waals surface area contributed by atoms with Crippen molar-refractivity contribution < 1.29 is 9.59 Å². The maximum Gasteiger partial charge on any atom is 0.230 e. The molecule has 3 aliphatic rings. The largest absolute Gasteiger partial charge is 0.300 e. The smallest absolute Gasteiger partial charge is 0.230 e. The van der Waals surface area contributed by atoms with E-state index in [1.54, 1.807) is 0 Å². The molecule has 0 saturated carbocycles. The first-order valence-corrected chi connectivity index (χ1v) is 8.11. The number of piperidine rings is 2. The molecule has 0 radical (unpaired) electrons. The molecule has 4 heteroatoms. The van der Waals surface area contributed by atoms with Gasteiger partial charge in [-0.15, -0.1) is 0 Å². The summed E-state index contributed by atoms with van der Waals surface area (Å²) in [4.78, 5) is 27.0. The van der Waals surface area contributed by atoms with Gasteiger partial charge in [0.2, 0.25) is 11.8 Å². The Hall–Kier alpha value is -0.900. The molecule has 0 aromatic heterocycles. The zero-order chi connectivity index (χ0) is 14.3. The van der Waals surface area contributed by atoms with Crippen LogP contribution < -0.4 is 5.32 Å². The molecule has 112 valence electrons. The number of nitrogens with zero attached hydrogens (tertiary/aromatic N) is 1. The van der Waals surface area contributed by atoms with Crippen LogP contribution in [0.4, 0.5) is 0 Å². The molecule has 3 fully saturated rings. The van der Waals surface area contributed by atoms with Crippen molar-refractivity contribution in [3.05, 3.63) is 0 Å². The fraction of sp³-hybridized carbons (Fsp3) is 0.875. The number of amides is 2. The molecule has 1 N–H and O–H groups in total. The van der Waals surface area contributed by atoms with Gasteiger partial charge in [-0.1, -0.05) is 20.3 Å². The average molecular weight is 278 g/mol. The molecule has 0 aromatic rings. The summed E-state index contributed by atoms with van der Waals surface area (Å²) >= 11 is 0. The summed E-state index contributed by atoms with van der Waals surface area (Å²) in [7, 11) is 0. The molecule has 3 atom stereocenters. The first-order chi connectivity index (χ1) is 9.53. The van der Waals surface area contributed by atoms with Crippen molar-refractivity contribution in [2.24, 2.45) is 17.3 Å². The summed E-state index contributed by atoms with van der Waals surface area (Å²) in [6.07, 6.45) is 6.15. The standard InChI is InChI=1S/C16H26N2O2/c1-11(2)9-12-15(20)17-14(19)10-16(12)6-8-18-7-4-3-5-13(16)18/h11-13H,3-10H2,1-2H3,(H,17,19,20). The number of hydrogen-bond acceptors (Lipinski definition) is 3. The van der Waals surface area contributed by atoms with E-state index in [-0.39, 0.29) is 23.1 Å². The predicted octanol–water partition coefficient (Wildman–Crippen LogP) is 1.94. The summed E-state index contributed by atoms with van der Waals surface area (Å²) in [6, 6.07) is 0.454. The molecule has 1 spiro atoms. The Morgan fingerprint density at radius 3 is 2.85 bits per heavy atom. The van der Waals surface area contributed by atoms with Gasteiger partial charge in [-0.2, -0.15) is 0 Å². The van der Waals surface area contributed by atoms with Gasteiger partial charge in [-0.3, -0.25) is 19.8 Å². The third-order valence-electron chi connectivity index (χ3n) is 5.61. The van der Waals surface area contributed by atoms with Crippen LogP contribution in [0.15, 0.2) is 0 Å². The maximum atomic E-state index is 12.4. The number of carbonyl (C=O) groups is 2. The van der Waals surface area contributed by atoms with Crippen LogP contribution in [-0.4, -0.2) is 35.8 Å². The normalized spacial score (nSPS) is 38.4. The van der Waals surface area contributed by atoms with Crippen LogP contribution in [0.25, 0.3) is 0 Å². The summed E-state index contributed by atoms with van der Waals surface area (Å²) < 4.78 is 0. The van der Waals surface area contributed by atoms with Crippen LogP contribution in [0.1, 0.15) is 52.4 Å². The van der Waals surface area contributed by atoms with Crippen LogP contribution >= 0.6 is 0 Å². The molecule has 0 aliphatic carbocycles. The van der Waals surface area contributed by atoms with Gasteiger partial charge in [0.15, 0.2) is 0 Å². The first-order valence-electron chi connectivity index (χ1n) is 8.11. The Morgan fingerprint density at radius 1 is 1.30 bits per heavy atom. The Labute approximate surface area is 121 Å². The van der Waals surface area contributed by atoms with Crippen molar-refractivity contribution in [3.8, 4) is 0 Å². The van der Waals surface area contributed by atoms with Crippen molar-refractivity contribution >= 4 is 11.8 Å². The summed E-state index contributed by atoms with van der Waals surface area (Å²) in [5.41, 5.74) is -0.0793. The van der Waals surface area contributed by atoms with E-state index in [1.165, 1.54) is 12.8 Å². The lowest BCUT2D eigenvalue weighted by Gasteiger charge is -2.47. The van der Waals surface area contributed by atoms with Crippen LogP contribution in [0.2, 0.25) is 0 Å². The Bertz CT molecular complexity index is 421. The van der Waals surface area contributed by atoms with Crippen LogP contribution in [0, 0.1) is 17.3 Å². The summed E-state index contributed by atoms with van der Waals surface area (Å²) in [5.74, 6) is 0.451. The summed E-state index contributed by atoms with van der Waals surface area (Å²) in [6.45, 7) is 6.56. The molecular formula is C16H26N2O2. The number of imide groups is 1. The van der Waals surface area contributed by atoms with Gasteiger partial charge in [-0.25, -0.2) is 0 Å². The quantitative estimate of drug-likeness (QED) is 0.785. The molecular weight excluding hydrogens is 252 g/mol. The van der Waals surface area contributed by atoms with E-state index in [9.17, 15) is 9.59 Å². The second kappa shape index (κ2) is 5.14. The minimum Gasteiger partial charge on any atom is -0.300 e. The number of fused-ring (bicyclic) bond motifs is 2. The highest BCUT2D eigenvalue weighted by molar-refractivity contribution is 6.00. The van der Waals surface area contributed by atoms with Crippen molar-refractivity contribution in [1.29, 1.82) is 0 Å². The molecule has 3 unspecified atom stereocenters. The van der Waals surface area contributed by atoms with Gasteiger partial charge in [0.1, 0.15) is 0 Å². The predicted molar refractivity (Wildman–Crippen MR) is 77.0 cm³/mol. The van der Waals surface area contributed by atoms with Gasteiger partial charge >= 0.3 is 0 Å². The van der Waals surface area contributed by atoms with E-state index >= 15 is 0 Å². The highest BCUT2D eigenvalue weighted by atomic mass is 16.2. The van der Waals surface area contributed by atoms with Crippen LogP contribution in [-0.2, 0) is 9.59 Å². The van der Waals surface area contributed by atoms with Gasteiger partial charge < -0.3 is 0 Å².